The van der Waals surface area contributed by atoms with Gasteiger partial charge in [-0.2, -0.15) is 5.10 Å². The molecule has 0 aliphatic heterocycles. The number of methoxy groups -OCH3 is 1. The van der Waals surface area contributed by atoms with E-state index >= 15 is 0 Å². The minimum atomic E-state index is -0.381. The average molecular weight is 484 g/mol. The van der Waals surface area contributed by atoms with Gasteiger partial charge in [-0.1, -0.05) is 18.5 Å². The molecule has 2 aromatic carbocycles. The number of hydrogen-bond acceptors (Lipinski definition) is 5. The Kier molecular flexibility index (Phi) is 8.79. The summed E-state index contributed by atoms with van der Waals surface area (Å²) in [5, 5.41) is 4.63. The number of halogens is 2. The van der Waals surface area contributed by atoms with Crippen molar-refractivity contribution in [1.82, 2.24) is 5.43 Å². The Bertz CT molecular complexity index is 903. The smallest absolute Gasteiger partial charge is 0.277 e. The molecule has 0 heterocycles. The topological polar surface area (TPSA) is 69.2 Å². The lowest BCUT2D eigenvalue weighted by Gasteiger charge is -2.12. The fourth-order valence-electron chi connectivity index (χ4n) is 2.46. The Hall–Kier alpha value is -2.25. The van der Waals surface area contributed by atoms with E-state index in [9.17, 15) is 4.79 Å². The number of carbonyl (C=O) groups is 1. The van der Waals surface area contributed by atoms with Crippen LogP contribution in [0.5, 0.6) is 17.2 Å². The molecular formula is C21H24BrClN2O4. The highest BCUT2D eigenvalue weighted by Crippen LogP contribution is 2.35. The molecule has 0 saturated heterocycles. The first kappa shape index (κ1) is 23.0. The second-order valence-corrected chi connectivity index (χ2v) is 7.46. The number of benzene rings is 2. The first-order valence-electron chi connectivity index (χ1n) is 9.08. The molecule has 156 valence electrons. The van der Waals surface area contributed by atoms with Gasteiger partial charge in [0.05, 0.1) is 24.4 Å². The van der Waals surface area contributed by atoms with Crippen molar-refractivity contribution in [2.45, 2.75) is 27.2 Å². The molecule has 0 spiro atoms. The molecule has 0 atom stereocenters. The van der Waals surface area contributed by atoms with Gasteiger partial charge in [0.15, 0.2) is 18.1 Å². The molecule has 1 N–H and O–H groups in total. The van der Waals surface area contributed by atoms with Crippen molar-refractivity contribution in [1.29, 1.82) is 0 Å². The number of amides is 1. The van der Waals surface area contributed by atoms with Crippen LogP contribution in [0.1, 0.15) is 30.0 Å². The van der Waals surface area contributed by atoms with Crippen LogP contribution in [-0.4, -0.2) is 32.4 Å². The second-order valence-electron chi connectivity index (χ2n) is 6.29. The molecule has 2 aromatic rings. The lowest BCUT2D eigenvalue weighted by Crippen LogP contribution is -2.24. The second kappa shape index (κ2) is 11.1. The molecule has 0 aromatic heterocycles. The van der Waals surface area contributed by atoms with E-state index in [1.54, 1.807) is 19.2 Å². The van der Waals surface area contributed by atoms with Crippen LogP contribution < -0.4 is 19.6 Å². The summed E-state index contributed by atoms with van der Waals surface area (Å²) in [4.78, 5) is 12.0. The maximum absolute atomic E-state index is 12.0. The molecule has 0 aliphatic carbocycles. The molecule has 0 aliphatic rings. The minimum absolute atomic E-state index is 0.177. The van der Waals surface area contributed by atoms with E-state index in [2.05, 4.69) is 26.5 Å². The molecule has 2 rings (SSSR count). The zero-order valence-electron chi connectivity index (χ0n) is 16.8. The van der Waals surface area contributed by atoms with E-state index in [0.29, 0.717) is 28.9 Å². The maximum atomic E-state index is 12.0. The number of rotatable bonds is 9. The van der Waals surface area contributed by atoms with Crippen LogP contribution in [0.4, 0.5) is 0 Å². The molecule has 8 heteroatoms. The van der Waals surface area contributed by atoms with Crippen LogP contribution >= 0.6 is 27.5 Å². The van der Waals surface area contributed by atoms with Crippen LogP contribution in [0.25, 0.3) is 0 Å². The summed E-state index contributed by atoms with van der Waals surface area (Å²) < 4.78 is 17.2. The van der Waals surface area contributed by atoms with E-state index < -0.39 is 0 Å². The number of hydrogen-bond donors (Lipinski definition) is 1. The number of nitrogens with zero attached hydrogens (tertiary/aromatic N) is 1. The van der Waals surface area contributed by atoms with Crippen LogP contribution in [0.2, 0.25) is 5.02 Å². The first-order valence-corrected chi connectivity index (χ1v) is 10.2. The Morgan fingerprint density at radius 2 is 1.97 bits per heavy atom. The van der Waals surface area contributed by atoms with E-state index in [4.69, 9.17) is 25.8 Å². The fraction of sp³-hybridized carbons (Fsp3) is 0.333. The van der Waals surface area contributed by atoms with Gasteiger partial charge in [0, 0.05) is 5.02 Å². The van der Waals surface area contributed by atoms with Gasteiger partial charge in [-0.3, -0.25) is 4.79 Å². The van der Waals surface area contributed by atoms with Crippen LogP contribution in [0.15, 0.2) is 33.8 Å². The van der Waals surface area contributed by atoms with Gasteiger partial charge in [-0.05, 0) is 77.2 Å². The quantitative estimate of drug-likeness (QED) is 0.400. The number of hydrazone groups is 1. The van der Waals surface area contributed by atoms with Crippen molar-refractivity contribution in [3.8, 4) is 17.2 Å². The average Bonchev–Trinajstić information content (AvgIpc) is 2.72. The summed E-state index contributed by atoms with van der Waals surface area (Å²) in [6, 6.07) is 7.21. The monoisotopic (exact) mass is 482 g/mol. The first-order chi connectivity index (χ1) is 13.9. The molecule has 0 bridgehead atoms. The molecule has 0 fully saturated rings. The van der Waals surface area contributed by atoms with Gasteiger partial charge in [0.25, 0.3) is 5.91 Å². The maximum Gasteiger partial charge on any atom is 0.277 e. The molecular weight excluding hydrogens is 460 g/mol. The van der Waals surface area contributed by atoms with E-state index in [1.807, 2.05) is 32.9 Å². The van der Waals surface area contributed by atoms with Crippen LogP contribution in [-0.2, 0) is 4.79 Å². The van der Waals surface area contributed by atoms with Crippen molar-refractivity contribution in [2.75, 3.05) is 20.3 Å². The van der Waals surface area contributed by atoms with Crippen LogP contribution in [0.3, 0.4) is 0 Å². The molecule has 1 amide bonds. The lowest BCUT2D eigenvalue weighted by atomic mass is 10.1. The highest BCUT2D eigenvalue weighted by Gasteiger charge is 2.12. The number of nitrogens with one attached hydrogen (secondary N) is 1. The molecule has 0 radical (unpaired) electrons. The normalized spacial score (nSPS) is 10.8. The SMILES string of the molecule is CCCOc1ccc(/C=N/NC(=O)COc2cc(C)c(Cl)c(C)c2Br)cc1OC. The van der Waals surface area contributed by atoms with Gasteiger partial charge >= 0.3 is 0 Å². The van der Waals surface area contributed by atoms with Crippen molar-refractivity contribution < 1.29 is 19.0 Å². The Morgan fingerprint density at radius 1 is 1.21 bits per heavy atom. The third-order valence-electron chi connectivity index (χ3n) is 3.98. The van der Waals surface area contributed by atoms with Crippen molar-refractivity contribution in [2.24, 2.45) is 5.10 Å². The predicted octanol–water partition coefficient (Wildman–Crippen LogP) is 5.05. The van der Waals surface area contributed by atoms with Gasteiger partial charge in [-0.25, -0.2) is 5.43 Å². The fourth-order valence-corrected chi connectivity index (χ4v) is 3.15. The Balaban J connectivity index is 1.93. The largest absolute Gasteiger partial charge is 0.493 e. The van der Waals surface area contributed by atoms with E-state index in [0.717, 1.165) is 27.6 Å². The Labute approximate surface area is 184 Å². The zero-order chi connectivity index (χ0) is 21.4. The van der Waals surface area contributed by atoms with Gasteiger partial charge < -0.3 is 14.2 Å². The summed E-state index contributed by atoms with van der Waals surface area (Å²) in [5.41, 5.74) is 4.94. The summed E-state index contributed by atoms with van der Waals surface area (Å²) >= 11 is 9.64. The van der Waals surface area contributed by atoms with Gasteiger partial charge in [0.2, 0.25) is 0 Å². The Morgan fingerprint density at radius 3 is 2.66 bits per heavy atom. The van der Waals surface area contributed by atoms with Crippen LogP contribution in [0, 0.1) is 13.8 Å². The third-order valence-corrected chi connectivity index (χ3v) is 5.55. The van der Waals surface area contributed by atoms with Crippen molar-refractivity contribution >= 4 is 39.7 Å². The molecule has 6 nitrogen and oxygen atoms in total. The van der Waals surface area contributed by atoms with Crippen molar-refractivity contribution in [3.63, 3.8) is 0 Å². The van der Waals surface area contributed by atoms with Crippen molar-refractivity contribution in [3.05, 3.63) is 50.5 Å². The number of aryl methyl sites for hydroxylation is 1. The summed E-state index contributed by atoms with van der Waals surface area (Å²) in [6.45, 7) is 6.23. The number of ether oxygens (including phenoxy) is 3. The molecule has 0 unspecified atom stereocenters. The van der Waals surface area contributed by atoms with Gasteiger partial charge in [0.1, 0.15) is 5.75 Å². The predicted molar refractivity (Wildman–Crippen MR) is 119 cm³/mol. The van der Waals surface area contributed by atoms with Gasteiger partial charge in [-0.15, -0.1) is 0 Å². The summed E-state index contributed by atoms with van der Waals surface area (Å²) in [5.74, 6) is 1.45. The summed E-state index contributed by atoms with van der Waals surface area (Å²) in [6.07, 6.45) is 2.43. The third kappa shape index (κ3) is 6.37. The summed E-state index contributed by atoms with van der Waals surface area (Å²) in [7, 11) is 1.58. The zero-order valence-corrected chi connectivity index (χ0v) is 19.2. The van der Waals surface area contributed by atoms with E-state index in [-0.39, 0.29) is 12.5 Å². The number of carbonyl (C=O) groups excluding carboxylic acids is 1. The standard InChI is InChI=1S/C21H24BrClN2O4/c1-5-8-28-16-7-6-15(10-17(16)27-4)11-24-25-19(26)12-29-18-9-13(2)21(23)14(3)20(18)22/h6-7,9-11H,5,8,12H2,1-4H3,(H,25,26)/b24-11+. The lowest BCUT2D eigenvalue weighted by molar-refractivity contribution is -0.123. The highest BCUT2D eigenvalue weighted by atomic mass is 79.9. The minimum Gasteiger partial charge on any atom is -0.493 e. The highest BCUT2D eigenvalue weighted by molar-refractivity contribution is 9.10. The molecule has 0 saturated carbocycles. The molecule has 29 heavy (non-hydrogen) atoms. The van der Waals surface area contributed by atoms with E-state index in [1.165, 1.54) is 6.21 Å².